The second-order valence-corrected chi connectivity index (χ2v) is 5.82. The molecule has 1 saturated heterocycles. The molecule has 7 heteroatoms. The van der Waals surface area contributed by atoms with E-state index in [4.69, 9.17) is 5.73 Å². The van der Waals surface area contributed by atoms with Gasteiger partial charge in [-0.2, -0.15) is 5.10 Å². The summed E-state index contributed by atoms with van der Waals surface area (Å²) in [6, 6.07) is 9.47. The number of likely N-dealkylation sites (tertiary alicyclic amines) is 1. The van der Waals surface area contributed by atoms with Crippen molar-refractivity contribution in [3.05, 3.63) is 46.6 Å². The number of benzene rings is 1. The number of piperidine rings is 1. The topological polar surface area (TPSA) is 86.2 Å². The fourth-order valence-electron chi connectivity index (χ4n) is 3.11. The Morgan fingerprint density at radius 2 is 2.09 bits per heavy atom. The Kier molecular flexibility index (Phi) is 4.29. The van der Waals surface area contributed by atoms with Crippen molar-refractivity contribution in [1.29, 1.82) is 0 Å². The van der Waals surface area contributed by atoms with Crippen LogP contribution in [0.4, 0.5) is 0 Å². The molecule has 1 fully saturated rings. The standard InChI is InChI=1S/C16H21N5O2/c1-19-16(23)21(13-7-3-2-4-8-13)15(18-19)12-6-5-9-20(11-12)14(22)10-17/h2-4,7-8,12H,5-6,9-11,17H2,1H3/t12-/m0/s1. The van der Waals surface area contributed by atoms with E-state index in [0.29, 0.717) is 12.4 Å². The van der Waals surface area contributed by atoms with Crippen molar-refractivity contribution in [2.24, 2.45) is 12.8 Å². The van der Waals surface area contributed by atoms with Crippen molar-refractivity contribution in [2.45, 2.75) is 18.8 Å². The summed E-state index contributed by atoms with van der Waals surface area (Å²) >= 11 is 0. The fraction of sp³-hybridized carbons (Fsp3) is 0.438. The van der Waals surface area contributed by atoms with Gasteiger partial charge in [-0.1, -0.05) is 18.2 Å². The molecular weight excluding hydrogens is 294 g/mol. The molecule has 0 radical (unpaired) electrons. The highest BCUT2D eigenvalue weighted by molar-refractivity contribution is 5.78. The maximum atomic E-state index is 12.5. The number of hydrogen-bond donors (Lipinski definition) is 1. The highest BCUT2D eigenvalue weighted by atomic mass is 16.2. The summed E-state index contributed by atoms with van der Waals surface area (Å²) in [5.41, 5.74) is 6.09. The molecule has 1 amide bonds. The SMILES string of the molecule is Cn1nc([C@H]2CCCN(C(=O)CN)C2)n(-c2ccccc2)c1=O. The van der Waals surface area contributed by atoms with Gasteiger partial charge in [0.1, 0.15) is 5.82 Å². The van der Waals surface area contributed by atoms with Gasteiger partial charge >= 0.3 is 5.69 Å². The van der Waals surface area contributed by atoms with Crippen LogP contribution in [0.15, 0.2) is 35.1 Å². The van der Waals surface area contributed by atoms with Crippen molar-refractivity contribution in [2.75, 3.05) is 19.6 Å². The normalized spacial score (nSPS) is 18.2. The summed E-state index contributed by atoms with van der Waals surface area (Å²) in [4.78, 5) is 26.1. The quantitative estimate of drug-likeness (QED) is 0.879. The molecule has 23 heavy (non-hydrogen) atoms. The highest BCUT2D eigenvalue weighted by Gasteiger charge is 2.29. The van der Waals surface area contributed by atoms with Crippen LogP contribution in [0.3, 0.4) is 0 Å². The van der Waals surface area contributed by atoms with E-state index in [1.54, 1.807) is 16.5 Å². The Morgan fingerprint density at radius 1 is 1.35 bits per heavy atom. The summed E-state index contributed by atoms with van der Waals surface area (Å²) in [5.74, 6) is 0.686. The summed E-state index contributed by atoms with van der Waals surface area (Å²) in [6.07, 6.45) is 1.79. The number of aromatic nitrogens is 3. The summed E-state index contributed by atoms with van der Waals surface area (Å²) in [6.45, 7) is 1.29. The number of nitrogens with two attached hydrogens (primary N) is 1. The lowest BCUT2D eigenvalue weighted by molar-refractivity contribution is -0.130. The van der Waals surface area contributed by atoms with Crippen molar-refractivity contribution >= 4 is 5.91 Å². The molecule has 0 saturated carbocycles. The molecule has 2 N–H and O–H groups in total. The van der Waals surface area contributed by atoms with Crippen LogP contribution in [-0.4, -0.2) is 44.8 Å². The molecule has 1 aromatic heterocycles. The average Bonchev–Trinajstić information content (AvgIpc) is 2.90. The molecule has 2 aromatic rings. The van der Waals surface area contributed by atoms with E-state index in [-0.39, 0.29) is 24.1 Å². The largest absolute Gasteiger partial charge is 0.350 e. The van der Waals surface area contributed by atoms with Crippen LogP contribution >= 0.6 is 0 Å². The van der Waals surface area contributed by atoms with Crippen LogP contribution in [0.1, 0.15) is 24.6 Å². The van der Waals surface area contributed by atoms with E-state index in [2.05, 4.69) is 5.10 Å². The summed E-state index contributed by atoms with van der Waals surface area (Å²) in [5, 5.41) is 4.43. The smallest absolute Gasteiger partial charge is 0.341 e. The van der Waals surface area contributed by atoms with Crippen LogP contribution in [0.5, 0.6) is 0 Å². The molecule has 1 aromatic carbocycles. The van der Waals surface area contributed by atoms with Gasteiger partial charge in [-0.25, -0.2) is 14.0 Å². The van der Waals surface area contributed by atoms with E-state index in [9.17, 15) is 9.59 Å². The Morgan fingerprint density at radius 3 is 2.78 bits per heavy atom. The van der Waals surface area contributed by atoms with Gasteiger partial charge in [0.15, 0.2) is 0 Å². The molecular formula is C16H21N5O2. The van der Waals surface area contributed by atoms with E-state index >= 15 is 0 Å². The molecule has 7 nitrogen and oxygen atoms in total. The number of carbonyl (C=O) groups is 1. The zero-order valence-corrected chi connectivity index (χ0v) is 13.2. The second kappa shape index (κ2) is 6.37. The molecule has 0 unspecified atom stereocenters. The zero-order valence-electron chi connectivity index (χ0n) is 13.2. The number of nitrogens with zero attached hydrogens (tertiary/aromatic N) is 4. The number of amides is 1. The summed E-state index contributed by atoms with van der Waals surface area (Å²) in [7, 11) is 1.65. The van der Waals surface area contributed by atoms with E-state index in [1.807, 2.05) is 30.3 Å². The van der Waals surface area contributed by atoms with Gasteiger partial charge in [-0.15, -0.1) is 0 Å². The van der Waals surface area contributed by atoms with E-state index < -0.39 is 0 Å². The van der Waals surface area contributed by atoms with E-state index in [1.165, 1.54) is 4.68 Å². The first kappa shape index (κ1) is 15.5. The minimum Gasteiger partial charge on any atom is -0.341 e. The van der Waals surface area contributed by atoms with Crippen LogP contribution in [0, 0.1) is 0 Å². The average molecular weight is 315 g/mol. The predicted octanol–water partition coefficient (Wildman–Crippen LogP) is 0.236. The number of rotatable bonds is 3. The molecule has 2 heterocycles. The molecule has 122 valence electrons. The first-order chi connectivity index (χ1) is 11.1. The zero-order chi connectivity index (χ0) is 16.4. The minimum absolute atomic E-state index is 0.0143. The van der Waals surface area contributed by atoms with Gasteiger partial charge in [0.2, 0.25) is 5.91 Å². The van der Waals surface area contributed by atoms with Gasteiger partial charge in [0, 0.05) is 26.1 Å². The molecule has 1 atom stereocenters. The van der Waals surface area contributed by atoms with Gasteiger partial charge in [0.05, 0.1) is 12.2 Å². The van der Waals surface area contributed by atoms with Crippen LogP contribution in [0.25, 0.3) is 5.69 Å². The molecule has 1 aliphatic rings. The molecule has 1 aliphatic heterocycles. The predicted molar refractivity (Wildman–Crippen MR) is 86.4 cm³/mol. The Balaban J connectivity index is 1.99. The maximum absolute atomic E-state index is 12.5. The van der Waals surface area contributed by atoms with Crippen molar-refractivity contribution in [1.82, 2.24) is 19.2 Å². The van der Waals surface area contributed by atoms with Crippen molar-refractivity contribution in [3.8, 4) is 5.69 Å². The lowest BCUT2D eigenvalue weighted by Gasteiger charge is -2.32. The molecule has 0 aliphatic carbocycles. The Hall–Kier alpha value is -2.41. The third-order valence-corrected chi connectivity index (χ3v) is 4.28. The maximum Gasteiger partial charge on any atom is 0.350 e. The van der Waals surface area contributed by atoms with Crippen LogP contribution in [0.2, 0.25) is 0 Å². The van der Waals surface area contributed by atoms with Gasteiger partial charge in [0.25, 0.3) is 0 Å². The van der Waals surface area contributed by atoms with Crippen LogP contribution < -0.4 is 11.4 Å². The fourth-order valence-corrected chi connectivity index (χ4v) is 3.11. The van der Waals surface area contributed by atoms with Gasteiger partial charge in [-0.05, 0) is 25.0 Å². The number of para-hydroxylation sites is 1. The van der Waals surface area contributed by atoms with Crippen molar-refractivity contribution in [3.63, 3.8) is 0 Å². The third kappa shape index (κ3) is 2.92. The second-order valence-electron chi connectivity index (χ2n) is 5.82. The molecule has 0 spiro atoms. The lowest BCUT2D eigenvalue weighted by Crippen LogP contribution is -2.42. The summed E-state index contributed by atoms with van der Waals surface area (Å²) < 4.78 is 2.99. The van der Waals surface area contributed by atoms with Crippen LogP contribution in [-0.2, 0) is 11.8 Å². The first-order valence-corrected chi connectivity index (χ1v) is 7.81. The number of hydrogen-bond acceptors (Lipinski definition) is 4. The number of carbonyl (C=O) groups excluding carboxylic acids is 1. The van der Waals surface area contributed by atoms with Gasteiger partial charge < -0.3 is 10.6 Å². The lowest BCUT2D eigenvalue weighted by atomic mass is 9.97. The Bertz CT molecular complexity index is 750. The Labute approximate surface area is 134 Å². The number of aryl methyl sites for hydroxylation is 1. The van der Waals surface area contributed by atoms with Gasteiger partial charge in [-0.3, -0.25) is 4.79 Å². The third-order valence-electron chi connectivity index (χ3n) is 4.28. The highest BCUT2D eigenvalue weighted by Crippen LogP contribution is 2.26. The van der Waals surface area contributed by atoms with E-state index in [0.717, 1.165) is 25.1 Å². The first-order valence-electron chi connectivity index (χ1n) is 7.81. The molecule has 0 bridgehead atoms. The van der Waals surface area contributed by atoms with Crippen molar-refractivity contribution < 1.29 is 4.79 Å². The molecule has 3 rings (SSSR count). The monoisotopic (exact) mass is 315 g/mol. The minimum atomic E-state index is -0.173.